The highest BCUT2D eigenvalue weighted by Gasteiger charge is 2.17. The monoisotopic (exact) mass is 377 g/mol. The number of halogens is 1. The molecule has 0 aliphatic rings. The molecule has 0 amide bonds. The van der Waals surface area contributed by atoms with Crippen LogP contribution in [0.25, 0.3) is 11.3 Å². The van der Waals surface area contributed by atoms with Gasteiger partial charge in [0.2, 0.25) is 5.95 Å². The van der Waals surface area contributed by atoms with Gasteiger partial charge in [-0.1, -0.05) is 18.8 Å². The highest BCUT2D eigenvalue weighted by atomic mass is 19.1. The van der Waals surface area contributed by atoms with Gasteiger partial charge in [0.1, 0.15) is 11.6 Å². The van der Waals surface area contributed by atoms with Crippen molar-refractivity contribution in [3.8, 4) is 23.1 Å². The van der Waals surface area contributed by atoms with Gasteiger partial charge in [-0.3, -0.25) is 0 Å². The third-order valence-corrected chi connectivity index (χ3v) is 3.93. The summed E-state index contributed by atoms with van der Waals surface area (Å²) in [5.41, 5.74) is 13.1. The lowest BCUT2D eigenvalue weighted by molar-refractivity contribution is 0.0696. The molecule has 3 aromatic rings. The number of carbonyl (C=O) groups is 1. The van der Waals surface area contributed by atoms with Gasteiger partial charge in [0, 0.05) is 17.3 Å². The van der Waals surface area contributed by atoms with Gasteiger partial charge < -0.3 is 16.6 Å². The molecular formula is C20H16FN5O2. The molecule has 0 radical (unpaired) electrons. The number of nitrogens with two attached hydrogens (primary N) is 2. The summed E-state index contributed by atoms with van der Waals surface area (Å²) in [7, 11) is 0. The van der Waals surface area contributed by atoms with E-state index in [-0.39, 0.29) is 22.8 Å². The fourth-order valence-corrected chi connectivity index (χ4v) is 2.56. The molecular weight excluding hydrogens is 361 g/mol. The molecule has 0 atom stereocenters. The molecule has 0 saturated carbocycles. The van der Waals surface area contributed by atoms with Gasteiger partial charge in [-0.05, 0) is 36.8 Å². The minimum Gasteiger partial charge on any atom is -0.478 e. The third-order valence-electron chi connectivity index (χ3n) is 3.93. The number of rotatable bonds is 3. The van der Waals surface area contributed by atoms with Crippen LogP contribution in [-0.2, 0) is 6.42 Å². The van der Waals surface area contributed by atoms with Crippen LogP contribution in [0.3, 0.4) is 0 Å². The van der Waals surface area contributed by atoms with Gasteiger partial charge in [0.15, 0.2) is 0 Å². The van der Waals surface area contributed by atoms with Crippen LogP contribution in [0.4, 0.5) is 16.2 Å². The number of hydrogen-bond acceptors (Lipinski definition) is 6. The van der Waals surface area contributed by atoms with E-state index in [0.29, 0.717) is 29.1 Å². The predicted molar refractivity (Wildman–Crippen MR) is 103 cm³/mol. The topological polar surface area (TPSA) is 128 Å². The number of hydrogen-bond donors (Lipinski definition) is 3. The number of pyridine rings is 1. The number of nitrogens with zero attached hydrogens (tertiary/aromatic N) is 3. The standard InChI is InChI=1S/C20H16FN5O2/c1-2-16-14(6-3-11-4-8-17(22)24-10-11)18(26-20(23)25-16)13-7-5-12(19(27)28)9-15(13)21/h4-5,7-10H,2H2,1H3,(H2,22,24)(H,27,28)(H2,23,25,26). The molecule has 28 heavy (non-hydrogen) atoms. The summed E-state index contributed by atoms with van der Waals surface area (Å²) in [5, 5.41) is 9.03. The smallest absolute Gasteiger partial charge is 0.335 e. The fraction of sp³-hybridized carbons (Fsp3) is 0.100. The van der Waals surface area contributed by atoms with E-state index in [0.717, 1.165) is 6.07 Å². The van der Waals surface area contributed by atoms with Crippen molar-refractivity contribution in [2.24, 2.45) is 0 Å². The maximum Gasteiger partial charge on any atom is 0.335 e. The zero-order chi connectivity index (χ0) is 20.3. The Hall–Kier alpha value is -3.99. The quantitative estimate of drug-likeness (QED) is 0.598. The Morgan fingerprint density at radius 3 is 2.57 bits per heavy atom. The molecule has 1 aromatic carbocycles. The Morgan fingerprint density at radius 2 is 1.96 bits per heavy atom. The van der Waals surface area contributed by atoms with Crippen LogP contribution >= 0.6 is 0 Å². The second-order valence-corrected chi connectivity index (χ2v) is 5.83. The van der Waals surface area contributed by atoms with Crippen LogP contribution in [0.5, 0.6) is 0 Å². The summed E-state index contributed by atoms with van der Waals surface area (Å²) in [6.45, 7) is 1.87. The van der Waals surface area contributed by atoms with E-state index >= 15 is 0 Å². The SMILES string of the molecule is CCc1nc(N)nc(-c2ccc(C(=O)O)cc2F)c1C#Cc1ccc(N)nc1. The van der Waals surface area contributed by atoms with Crippen molar-refractivity contribution in [2.75, 3.05) is 11.5 Å². The van der Waals surface area contributed by atoms with Crippen molar-refractivity contribution in [1.29, 1.82) is 0 Å². The summed E-state index contributed by atoms with van der Waals surface area (Å²) < 4.78 is 14.6. The molecule has 0 aliphatic carbocycles. The lowest BCUT2D eigenvalue weighted by Gasteiger charge is -2.10. The number of aromatic carboxylic acids is 1. The zero-order valence-corrected chi connectivity index (χ0v) is 14.9. The Labute approximate surface area is 160 Å². The molecule has 2 heterocycles. The maximum atomic E-state index is 14.6. The molecule has 0 unspecified atom stereocenters. The number of nitrogen functional groups attached to an aromatic ring is 2. The summed E-state index contributed by atoms with van der Waals surface area (Å²) in [6.07, 6.45) is 2.02. The first-order valence-corrected chi connectivity index (χ1v) is 8.32. The van der Waals surface area contributed by atoms with Crippen LogP contribution in [0.1, 0.15) is 34.1 Å². The highest BCUT2D eigenvalue weighted by molar-refractivity contribution is 5.88. The first-order chi connectivity index (χ1) is 13.4. The molecule has 0 saturated heterocycles. The van der Waals surface area contributed by atoms with Gasteiger partial charge in [0.05, 0.1) is 22.5 Å². The lowest BCUT2D eigenvalue weighted by atomic mass is 10.0. The minimum absolute atomic E-state index is 0.0201. The molecule has 7 nitrogen and oxygen atoms in total. The van der Waals surface area contributed by atoms with Gasteiger partial charge in [-0.15, -0.1) is 0 Å². The molecule has 0 bridgehead atoms. The van der Waals surface area contributed by atoms with Gasteiger partial charge in [0.25, 0.3) is 0 Å². The molecule has 0 spiro atoms. The van der Waals surface area contributed by atoms with Crippen molar-refractivity contribution in [3.63, 3.8) is 0 Å². The predicted octanol–water partition coefficient (Wildman–Crippen LogP) is 2.50. The highest BCUT2D eigenvalue weighted by Crippen LogP contribution is 2.27. The molecule has 5 N–H and O–H groups in total. The molecule has 140 valence electrons. The van der Waals surface area contributed by atoms with E-state index < -0.39 is 11.8 Å². The Bertz CT molecular complexity index is 1120. The number of aromatic nitrogens is 3. The van der Waals surface area contributed by atoms with Crippen molar-refractivity contribution < 1.29 is 14.3 Å². The molecule has 0 aliphatic heterocycles. The van der Waals surface area contributed by atoms with Crippen LogP contribution in [-0.4, -0.2) is 26.0 Å². The second-order valence-electron chi connectivity index (χ2n) is 5.83. The average Bonchev–Trinajstić information content (AvgIpc) is 2.67. The van der Waals surface area contributed by atoms with Crippen LogP contribution in [0.15, 0.2) is 36.5 Å². The zero-order valence-electron chi connectivity index (χ0n) is 14.9. The van der Waals surface area contributed by atoms with E-state index in [1.54, 1.807) is 12.1 Å². The number of aryl methyl sites for hydroxylation is 1. The van der Waals surface area contributed by atoms with E-state index in [1.807, 2.05) is 6.92 Å². The first-order valence-electron chi connectivity index (χ1n) is 8.32. The number of benzene rings is 1. The summed E-state index contributed by atoms with van der Waals surface area (Å²) in [4.78, 5) is 23.4. The molecule has 8 heteroatoms. The fourth-order valence-electron chi connectivity index (χ4n) is 2.56. The Kier molecular flexibility index (Phi) is 5.18. The van der Waals surface area contributed by atoms with E-state index in [1.165, 1.54) is 18.3 Å². The molecule has 3 rings (SSSR count). The van der Waals surface area contributed by atoms with Crippen molar-refractivity contribution >= 4 is 17.7 Å². The van der Waals surface area contributed by atoms with E-state index in [9.17, 15) is 9.18 Å². The lowest BCUT2D eigenvalue weighted by Crippen LogP contribution is -2.06. The molecule has 2 aromatic heterocycles. The van der Waals surface area contributed by atoms with Gasteiger partial charge >= 0.3 is 5.97 Å². The van der Waals surface area contributed by atoms with Gasteiger partial charge in [-0.2, -0.15) is 0 Å². The average molecular weight is 377 g/mol. The van der Waals surface area contributed by atoms with Crippen molar-refractivity contribution in [3.05, 3.63) is 64.7 Å². The minimum atomic E-state index is -1.22. The van der Waals surface area contributed by atoms with Crippen LogP contribution < -0.4 is 11.5 Å². The normalized spacial score (nSPS) is 10.2. The van der Waals surface area contributed by atoms with Crippen molar-refractivity contribution in [1.82, 2.24) is 15.0 Å². The van der Waals surface area contributed by atoms with Crippen LogP contribution in [0, 0.1) is 17.7 Å². The third kappa shape index (κ3) is 3.88. The number of anilines is 2. The van der Waals surface area contributed by atoms with E-state index in [4.69, 9.17) is 16.6 Å². The largest absolute Gasteiger partial charge is 0.478 e. The summed E-state index contributed by atoms with van der Waals surface area (Å²) in [5.74, 6) is 4.29. The second kappa shape index (κ2) is 7.72. The van der Waals surface area contributed by atoms with E-state index in [2.05, 4.69) is 26.8 Å². The Morgan fingerprint density at radius 1 is 1.18 bits per heavy atom. The van der Waals surface area contributed by atoms with Gasteiger partial charge in [-0.25, -0.2) is 24.1 Å². The first kappa shape index (κ1) is 18.8. The maximum absolute atomic E-state index is 14.6. The van der Waals surface area contributed by atoms with Crippen molar-refractivity contribution in [2.45, 2.75) is 13.3 Å². The van der Waals surface area contributed by atoms with Crippen LogP contribution in [0.2, 0.25) is 0 Å². The molecule has 0 fully saturated rings. The summed E-state index contributed by atoms with van der Waals surface area (Å²) >= 11 is 0. The number of carboxylic acids is 1. The number of carboxylic acid groups (broad SMARTS) is 1. The summed E-state index contributed by atoms with van der Waals surface area (Å²) in [6, 6.07) is 6.90. The Balaban J connectivity index is 2.18.